The highest BCUT2D eigenvalue weighted by molar-refractivity contribution is 6.01. The van der Waals surface area contributed by atoms with E-state index in [0.29, 0.717) is 18.4 Å². The fourth-order valence-electron chi connectivity index (χ4n) is 1.62. The van der Waals surface area contributed by atoms with Crippen LogP contribution in [0, 0.1) is 0 Å². The number of rotatable bonds is 6. The highest BCUT2D eigenvalue weighted by atomic mass is 16.4. The second kappa shape index (κ2) is 5.78. The van der Waals surface area contributed by atoms with Crippen LogP contribution in [-0.2, 0) is 11.2 Å². The molecule has 1 aromatic rings. The zero-order valence-corrected chi connectivity index (χ0v) is 10.6. The molecule has 0 amide bonds. The van der Waals surface area contributed by atoms with Gasteiger partial charge in [0.15, 0.2) is 5.78 Å². The first-order valence-electron chi connectivity index (χ1n) is 5.88. The van der Waals surface area contributed by atoms with E-state index in [2.05, 4.69) is 0 Å². The molecule has 4 heteroatoms. The lowest BCUT2D eigenvalue weighted by Gasteiger charge is -2.15. The summed E-state index contributed by atoms with van der Waals surface area (Å²) in [5, 5.41) is 18.1. The van der Waals surface area contributed by atoms with Crippen LogP contribution in [0.2, 0.25) is 0 Å². The molecule has 0 saturated carbocycles. The molecule has 0 aliphatic rings. The van der Waals surface area contributed by atoms with Crippen molar-refractivity contribution in [1.82, 2.24) is 0 Å². The molecular weight excluding hydrogens is 232 g/mol. The average Bonchev–Trinajstić information content (AvgIpc) is 2.27. The Morgan fingerprint density at radius 3 is 2.17 bits per heavy atom. The Kier molecular flexibility index (Phi) is 4.62. The minimum atomic E-state index is -1.37. The fraction of sp³-hybridized carbons (Fsp3) is 0.429. The van der Waals surface area contributed by atoms with E-state index in [0.717, 1.165) is 5.56 Å². The molecule has 0 aliphatic heterocycles. The van der Waals surface area contributed by atoms with Crippen molar-refractivity contribution in [1.29, 1.82) is 0 Å². The van der Waals surface area contributed by atoms with Crippen LogP contribution in [-0.4, -0.2) is 27.6 Å². The molecule has 0 heterocycles. The van der Waals surface area contributed by atoms with Gasteiger partial charge in [-0.15, -0.1) is 0 Å². The number of benzene rings is 1. The molecule has 0 aromatic heterocycles. The first kappa shape index (κ1) is 14.4. The van der Waals surface area contributed by atoms with Gasteiger partial charge in [-0.3, -0.25) is 9.59 Å². The zero-order valence-electron chi connectivity index (χ0n) is 10.6. The molecule has 0 atom stereocenters. The van der Waals surface area contributed by atoms with Crippen molar-refractivity contribution in [2.24, 2.45) is 0 Å². The van der Waals surface area contributed by atoms with Gasteiger partial charge in [-0.25, -0.2) is 0 Å². The van der Waals surface area contributed by atoms with Crippen LogP contribution in [0.3, 0.4) is 0 Å². The lowest BCUT2D eigenvalue weighted by Crippen LogP contribution is -2.31. The summed E-state index contributed by atoms with van der Waals surface area (Å²) in [5.41, 5.74) is 0.0817. The van der Waals surface area contributed by atoms with Crippen molar-refractivity contribution in [3.05, 3.63) is 35.4 Å². The Bertz CT molecular complexity index is 426. The van der Waals surface area contributed by atoms with Crippen LogP contribution in [0.5, 0.6) is 0 Å². The topological polar surface area (TPSA) is 74.6 Å². The minimum absolute atomic E-state index is 0.143. The minimum Gasteiger partial charge on any atom is -0.481 e. The third-order valence-electron chi connectivity index (χ3n) is 2.63. The summed E-state index contributed by atoms with van der Waals surface area (Å²) in [7, 11) is 0. The summed E-state index contributed by atoms with van der Waals surface area (Å²) in [4.78, 5) is 22.1. The standard InChI is InChI=1S/C14H18O4/c1-14(2,18)13(17)11-8-6-10(7-9-11)4-3-5-12(15)16/h6-9,18H,3-5H2,1-2H3,(H,15,16). The number of aliphatic carboxylic acids is 1. The number of carboxylic acids is 1. The summed E-state index contributed by atoms with van der Waals surface area (Å²) in [5.74, 6) is -1.12. The molecule has 2 N–H and O–H groups in total. The third kappa shape index (κ3) is 4.30. The van der Waals surface area contributed by atoms with E-state index in [1.165, 1.54) is 13.8 Å². The van der Waals surface area contributed by atoms with Crippen molar-refractivity contribution in [3.63, 3.8) is 0 Å². The van der Waals surface area contributed by atoms with E-state index in [-0.39, 0.29) is 12.2 Å². The summed E-state index contributed by atoms with van der Waals surface area (Å²) in [6, 6.07) is 6.91. The zero-order chi connectivity index (χ0) is 13.8. The van der Waals surface area contributed by atoms with Gasteiger partial charge >= 0.3 is 5.97 Å². The first-order chi connectivity index (χ1) is 8.30. The normalized spacial score (nSPS) is 11.3. The van der Waals surface area contributed by atoms with Gasteiger partial charge in [0.05, 0.1) is 0 Å². The average molecular weight is 250 g/mol. The van der Waals surface area contributed by atoms with Crippen LogP contribution in [0.4, 0.5) is 0 Å². The molecule has 18 heavy (non-hydrogen) atoms. The molecule has 98 valence electrons. The van der Waals surface area contributed by atoms with Gasteiger partial charge in [-0.2, -0.15) is 0 Å². The monoisotopic (exact) mass is 250 g/mol. The van der Waals surface area contributed by atoms with Crippen molar-refractivity contribution >= 4 is 11.8 Å². The molecular formula is C14H18O4. The summed E-state index contributed by atoms with van der Waals surface area (Å²) in [6.45, 7) is 2.91. The second-order valence-corrected chi connectivity index (χ2v) is 4.83. The van der Waals surface area contributed by atoms with E-state index in [9.17, 15) is 14.7 Å². The van der Waals surface area contributed by atoms with Gasteiger partial charge in [0, 0.05) is 12.0 Å². The first-order valence-corrected chi connectivity index (χ1v) is 5.88. The van der Waals surface area contributed by atoms with Gasteiger partial charge in [0.2, 0.25) is 0 Å². The van der Waals surface area contributed by atoms with E-state index in [1.54, 1.807) is 24.3 Å². The second-order valence-electron chi connectivity index (χ2n) is 4.83. The van der Waals surface area contributed by atoms with Crippen LogP contribution < -0.4 is 0 Å². The molecule has 0 aliphatic carbocycles. The number of carbonyl (C=O) groups excluding carboxylic acids is 1. The quantitative estimate of drug-likeness (QED) is 0.758. The third-order valence-corrected chi connectivity index (χ3v) is 2.63. The predicted molar refractivity (Wildman–Crippen MR) is 67.6 cm³/mol. The number of carboxylic acid groups (broad SMARTS) is 1. The van der Waals surface area contributed by atoms with E-state index in [4.69, 9.17) is 5.11 Å². The molecule has 0 saturated heterocycles. The smallest absolute Gasteiger partial charge is 0.303 e. The van der Waals surface area contributed by atoms with Crippen LogP contribution in [0.15, 0.2) is 24.3 Å². The van der Waals surface area contributed by atoms with Gasteiger partial charge in [0.1, 0.15) is 5.60 Å². The number of aliphatic hydroxyl groups is 1. The number of hydrogen-bond donors (Lipinski definition) is 2. The highest BCUT2D eigenvalue weighted by Gasteiger charge is 2.24. The van der Waals surface area contributed by atoms with Gasteiger partial charge in [-0.1, -0.05) is 24.3 Å². The fourth-order valence-corrected chi connectivity index (χ4v) is 1.62. The van der Waals surface area contributed by atoms with Crippen molar-refractivity contribution in [3.8, 4) is 0 Å². The lowest BCUT2D eigenvalue weighted by atomic mass is 9.95. The van der Waals surface area contributed by atoms with E-state index in [1.807, 2.05) is 0 Å². The molecule has 0 fully saturated rings. The maximum absolute atomic E-state index is 11.8. The largest absolute Gasteiger partial charge is 0.481 e. The number of carbonyl (C=O) groups is 2. The Morgan fingerprint density at radius 1 is 1.17 bits per heavy atom. The summed E-state index contributed by atoms with van der Waals surface area (Å²) < 4.78 is 0. The Balaban J connectivity index is 2.63. The van der Waals surface area contributed by atoms with Crippen LogP contribution in [0.1, 0.15) is 42.6 Å². The van der Waals surface area contributed by atoms with Gasteiger partial charge < -0.3 is 10.2 Å². The molecule has 0 spiro atoms. The Morgan fingerprint density at radius 2 is 1.72 bits per heavy atom. The number of ketones is 1. The van der Waals surface area contributed by atoms with Crippen LogP contribution >= 0.6 is 0 Å². The van der Waals surface area contributed by atoms with Gasteiger partial charge in [-0.05, 0) is 32.3 Å². The van der Waals surface area contributed by atoms with Crippen molar-refractivity contribution in [2.45, 2.75) is 38.7 Å². The highest BCUT2D eigenvalue weighted by Crippen LogP contribution is 2.14. The molecule has 4 nitrogen and oxygen atoms in total. The molecule has 0 bridgehead atoms. The maximum atomic E-state index is 11.8. The van der Waals surface area contributed by atoms with E-state index >= 15 is 0 Å². The Labute approximate surface area is 106 Å². The summed E-state index contributed by atoms with van der Waals surface area (Å²) in [6.07, 6.45) is 1.39. The molecule has 1 aromatic carbocycles. The van der Waals surface area contributed by atoms with Gasteiger partial charge in [0.25, 0.3) is 0 Å². The van der Waals surface area contributed by atoms with Crippen molar-refractivity contribution in [2.75, 3.05) is 0 Å². The predicted octanol–water partition coefficient (Wildman–Crippen LogP) is 2.05. The molecule has 1 rings (SSSR count). The molecule has 0 radical (unpaired) electrons. The van der Waals surface area contributed by atoms with Crippen LogP contribution in [0.25, 0.3) is 0 Å². The number of aryl methyl sites for hydroxylation is 1. The van der Waals surface area contributed by atoms with Crippen molar-refractivity contribution < 1.29 is 19.8 Å². The lowest BCUT2D eigenvalue weighted by molar-refractivity contribution is -0.137. The van der Waals surface area contributed by atoms with E-state index < -0.39 is 11.6 Å². The number of Topliss-reactive ketones (excluding diaryl/α,β-unsaturated/α-hetero) is 1. The maximum Gasteiger partial charge on any atom is 0.303 e. The SMILES string of the molecule is CC(C)(O)C(=O)c1ccc(CCCC(=O)O)cc1. The number of hydrogen-bond acceptors (Lipinski definition) is 3. The summed E-state index contributed by atoms with van der Waals surface area (Å²) >= 11 is 0. The Hall–Kier alpha value is -1.68. The molecule has 0 unspecified atom stereocenters.